The van der Waals surface area contributed by atoms with Crippen LogP contribution in [0.4, 0.5) is 4.39 Å². The molecule has 0 radical (unpaired) electrons. The Morgan fingerprint density at radius 1 is 1.23 bits per heavy atom. The Bertz CT molecular complexity index is 1010. The number of allylic oxidation sites excluding steroid dienone is 2. The standard InChI is InChI=1S/C20H20FNO3S/c1-12-10-15-4-7-16(21)11-18(15)19(12)20(13(2)25-3)14-5-8-17(9-6-14)26(22,23)24/h4-9,11,20H,2,10H2,1,3H3,(H2,22,23,24). The highest BCUT2D eigenvalue weighted by Crippen LogP contribution is 2.45. The van der Waals surface area contributed by atoms with Crippen molar-refractivity contribution in [1.29, 1.82) is 0 Å². The van der Waals surface area contributed by atoms with E-state index < -0.39 is 10.0 Å². The van der Waals surface area contributed by atoms with E-state index in [-0.39, 0.29) is 16.6 Å². The summed E-state index contributed by atoms with van der Waals surface area (Å²) in [6.45, 7) is 6.00. The zero-order valence-electron chi connectivity index (χ0n) is 14.6. The molecular weight excluding hydrogens is 353 g/mol. The number of nitrogens with two attached hydrogens (primary N) is 1. The van der Waals surface area contributed by atoms with Gasteiger partial charge in [0.1, 0.15) is 11.6 Å². The van der Waals surface area contributed by atoms with Gasteiger partial charge in [0, 0.05) is 0 Å². The summed E-state index contributed by atoms with van der Waals surface area (Å²) in [5.41, 5.74) is 4.73. The van der Waals surface area contributed by atoms with Crippen molar-refractivity contribution < 1.29 is 17.5 Å². The smallest absolute Gasteiger partial charge is 0.238 e. The molecule has 0 fully saturated rings. The molecule has 0 amide bonds. The van der Waals surface area contributed by atoms with Gasteiger partial charge in [-0.15, -0.1) is 0 Å². The quantitative estimate of drug-likeness (QED) is 0.812. The minimum atomic E-state index is -3.77. The third kappa shape index (κ3) is 3.30. The van der Waals surface area contributed by atoms with Gasteiger partial charge in [0.05, 0.1) is 17.9 Å². The van der Waals surface area contributed by atoms with Crippen LogP contribution in [-0.2, 0) is 21.2 Å². The van der Waals surface area contributed by atoms with Gasteiger partial charge in [-0.25, -0.2) is 17.9 Å². The summed E-state index contributed by atoms with van der Waals surface area (Å²) in [4.78, 5) is 0.0339. The molecule has 1 unspecified atom stereocenters. The average Bonchev–Trinajstić information content (AvgIpc) is 2.90. The summed E-state index contributed by atoms with van der Waals surface area (Å²) in [6.07, 6.45) is 0.730. The minimum Gasteiger partial charge on any atom is -0.501 e. The lowest BCUT2D eigenvalue weighted by Crippen LogP contribution is -2.12. The van der Waals surface area contributed by atoms with Crippen LogP contribution in [0.2, 0.25) is 0 Å². The number of ether oxygens (including phenoxy) is 1. The lowest BCUT2D eigenvalue weighted by atomic mass is 9.85. The fraction of sp³-hybridized carbons (Fsp3) is 0.200. The van der Waals surface area contributed by atoms with Gasteiger partial charge < -0.3 is 4.74 Å². The monoisotopic (exact) mass is 373 g/mol. The van der Waals surface area contributed by atoms with Gasteiger partial charge in [-0.1, -0.05) is 30.4 Å². The van der Waals surface area contributed by atoms with E-state index in [1.54, 1.807) is 18.2 Å². The molecule has 0 aromatic heterocycles. The van der Waals surface area contributed by atoms with Crippen molar-refractivity contribution in [3.8, 4) is 0 Å². The van der Waals surface area contributed by atoms with E-state index >= 15 is 0 Å². The van der Waals surface area contributed by atoms with Gasteiger partial charge in [0.2, 0.25) is 10.0 Å². The van der Waals surface area contributed by atoms with Crippen LogP contribution in [0.1, 0.15) is 29.5 Å². The van der Waals surface area contributed by atoms with Crippen LogP contribution in [0.3, 0.4) is 0 Å². The topological polar surface area (TPSA) is 69.4 Å². The van der Waals surface area contributed by atoms with E-state index in [2.05, 4.69) is 6.58 Å². The molecule has 0 spiro atoms. The first-order valence-corrected chi connectivity index (χ1v) is 9.61. The number of primary sulfonamides is 1. The highest BCUT2D eigenvalue weighted by atomic mass is 32.2. The van der Waals surface area contributed by atoms with Crippen molar-refractivity contribution in [3.05, 3.63) is 82.9 Å². The van der Waals surface area contributed by atoms with E-state index in [9.17, 15) is 12.8 Å². The predicted molar refractivity (Wildman–Crippen MR) is 99.4 cm³/mol. The Kier molecular flexibility index (Phi) is 4.73. The van der Waals surface area contributed by atoms with Crippen LogP contribution in [-0.4, -0.2) is 15.5 Å². The lowest BCUT2D eigenvalue weighted by molar-refractivity contribution is 0.278. The van der Waals surface area contributed by atoms with E-state index in [1.165, 1.54) is 31.4 Å². The molecule has 3 rings (SSSR count). The van der Waals surface area contributed by atoms with E-state index in [1.807, 2.05) is 6.92 Å². The van der Waals surface area contributed by atoms with Gasteiger partial charge in [-0.2, -0.15) is 0 Å². The Balaban J connectivity index is 2.13. The van der Waals surface area contributed by atoms with Crippen LogP contribution in [0, 0.1) is 5.82 Å². The second-order valence-corrected chi connectivity index (χ2v) is 7.95. The lowest BCUT2D eigenvalue weighted by Gasteiger charge is -2.23. The maximum atomic E-state index is 13.8. The average molecular weight is 373 g/mol. The second-order valence-electron chi connectivity index (χ2n) is 6.39. The molecular formula is C20H20FNO3S. The van der Waals surface area contributed by atoms with E-state index in [0.29, 0.717) is 5.76 Å². The molecule has 0 aliphatic heterocycles. The largest absolute Gasteiger partial charge is 0.501 e. The molecule has 2 aromatic rings. The maximum absolute atomic E-state index is 13.8. The Hall–Kier alpha value is -2.44. The Morgan fingerprint density at radius 3 is 2.46 bits per heavy atom. The molecule has 0 bridgehead atoms. The number of rotatable bonds is 5. The number of hydrogen-bond acceptors (Lipinski definition) is 3. The third-order valence-electron chi connectivity index (χ3n) is 4.69. The van der Waals surface area contributed by atoms with Crippen molar-refractivity contribution in [1.82, 2.24) is 0 Å². The fourth-order valence-electron chi connectivity index (χ4n) is 3.45. The van der Waals surface area contributed by atoms with Gasteiger partial charge in [-0.05, 0) is 59.9 Å². The molecule has 1 aliphatic rings. The van der Waals surface area contributed by atoms with Crippen molar-refractivity contribution >= 4 is 15.6 Å². The van der Waals surface area contributed by atoms with E-state index in [0.717, 1.165) is 34.3 Å². The molecule has 26 heavy (non-hydrogen) atoms. The van der Waals surface area contributed by atoms with Gasteiger partial charge in [0.15, 0.2) is 0 Å². The molecule has 0 saturated carbocycles. The van der Waals surface area contributed by atoms with Gasteiger partial charge in [0.25, 0.3) is 0 Å². The molecule has 2 aromatic carbocycles. The van der Waals surface area contributed by atoms with Crippen LogP contribution in [0.15, 0.2) is 65.3 Å². The Labute approximate surface area is 152 Å². The molecule has 0 heterocycles. The number of fused-ring (bicyclic) bond motifs is 1. The first-order chi connectivity index (χ1) is 12.2. The summed E-state index contributed by atoms with van der Waals surface area (Å²) >= 11 is 0. The van der Waals surface area contributed by atoms with Crippen LogP contribution in [0.5, 0.6) is 0 Å². The molecule has 0 saturated heterocycles. The first kappa shape index (κ1) is 18.4. The summed E-state index contributed by atoms with van der Waals surface area (Å²) in [7, 11) is -2.24. The van der Waals surface area contributed by atoms with Crippen molar-refractivity contribution in [3.63, 3.8) is 0 Å². The van der Waals surface area contributed by atoms with Crippen molar-refractivity contribution in [2.75, 3.05) is 7.11 Å². The second kappa shape index (κ2) is 6.70. The van der Waals surface area contributed by atoms with Gasteiger partial charge in [-0.3, -0.25) is 0 Å². The first-order valence-electron chi connectivity index (χ1n) is 8.06. The van der Waals surface area contributed by atoms with Crippen LogP contribution >= 0.6 is 0 Å². The third-order valence-corrected chi connectivity index (χ3v) is 5.62. The number of halogens is 1. The maximum Gasteiger partial charge on any atom is 0.238 e. The highest BCUT2D eigenvalue weighted by molar-refractivity contribution is 7.89. The number of hydrogen-bond donors (Lipinski definition) is 1. The van der Waals surface area contributed by atoms with Crippen LogP contribution in [0.25, 0.3) is 5.57 Å². The molecule has 136 valence electrons. The SMILES string of the molecule is C=C(OC)C(C1=C(C)Cc2ccc(F)cc21)c1ccc(S(N)(=O)=O)cc1. The molecule has 1 aliphatic carbocycles. The summed E-state index contributed by atoms with van der Waals surface area (Å²) in [6, 6.07) is 11.1. The van der Waals surface area contributed by atoms with Gasteiger partial charge >= 0.3 is 0 Å². The van der Waals surface area contributed by atoms with Crippen molar-refractivity contribution in [2.24, 2.45) is 5.14 Å². The van der Waals surface area contributed by atoms with Crippen LogP contribution < -0.4 is 5.14 Å². The highest BCUT2D eigenvalue weighted by Gasteiger charge is 2.30. The predicted octanol–water partition coefficient (Wildman–Crippen LogP) is 3.75. The van der Waals surface area contributed by atoms with Crippen molar-refractivity contribution in [2.45, 2.75) is 24.2 Å². The number of methoxy groups -OCH3 is 1. The molecule has 4 nitrogen and oxygen atoms in total. The zero-order valence-corrected chi connectivity index (χ0v) is 15.4. The molecule has 1 atom stereocenters. The summed E-state index contributed by atoms with van der Waals surface area (Å²) in [5, 5.41) is 5.17. The molecule has 6 heteroatoms. The number of benzene rings is 2. The number of sulfonamides is 1. The Morgan fingerprint density at radius 2 is 1.88 bits per heavy atom. The van der Waals surface area contributed by atoms with E-state index in [4.69, 9.17) is 9.88 Å². The normalized spacial score (nSPS) is 14.9. The fourth-order valence-corrected chi connectivity index (χ4v) is 3.96. The minimum absolute atomic E-state index is 0.0339. The summed E-state index contributed by atoms with van der Waals surface area (Å²) in [5.74, 6) is -0.139. The summed E-state index contributed by atoms with van der Waals surface area (Å²) < 4.78 is 42.2. The molecule has 2 N–H and O–H groups in total. The zero-order chi connectivity index (χ0) is 19.1.